The lowest BCUT2D eigenvalue weighted by Crippen LogP contribution is -2.50. The average molecular weight is 342 g/mol. The van der Waals surface area contributed by atoms with Crippen molar-refractivity contribution in [3.63, 3.8) is 0 Å². The number of guanidine groups is 1. The largest absolute Gasteiger partial charge is 0.356 e. The van der Waals surface area contributed by atoms with Gasteiger partial charge in [0.25, 0.3) is 0 Å². The Hall–Kier alpha value is -2.11. The Bertz CT molecular complexity index is 718. The van der Waals surface area contributed by atoms with Crippen LogP contribution in [0.15, 0.2) is 29.4 Å². The molecule has 136 valence electrons. The van der Waals surface area contributed by atoms with E-state index >= 15 is 0 Å². The number of nitrogens with one attached hydrogen (secondary N) is 1. The van der Waals surface area contributed by atoms with E-state index in [1.54, 1.807) is 0 Å². The lowest BCUT2D eigenvalue weighted by molar-refractivity contribution is 0.142. The quantitative estimate of drug-likeness (QED) is 0.670. The smallest absolute Gasteiger partial charge is 0.193 e. The van der Waals surface area contributed by atoms with Gasteiger partial charge in [-0.2, -0.15) is 0 Å². The lowest BCUT2D eigenvalue weighted by Gasteiger charge is -2.42. The third kappa shape index (κ3) is 4.11. The average Bonchev–Trinajstić information content (AvgIpc) is 3.02. The molecule has 1 N–H and O–H groups in total. The summed E-state index contributed by atoms with van der Waals surface area (Å²) in [5, 5.41) is 12.0. The van der Waals surface area contributed by atoms with Gasteiger partial charge in [-0.25, -0.2) is 0 Å². The first-order valence-corrected chi connectivity index (χ1v) is 9.39. The van der Waals surface area contributed by atoms with Crippen LogP contribution in [0, 0.1) is 5.41 Å². The van der Waals surface area contributed by atoms with Crippen LogP contribution in [0.3, 0.4) is 0 Å². The van der Waals surface area contributed by atoms with Crippen molar-refractivity contribution in [2.45, 2.75) is 46.0 Å². The molecule has 0 radical (unpaired) electrons. The zero-order valence-corrected chi connectivity index (χ0v) is 15.7. The van der Waals surface area contributed by atoms with Crippen molar-refractivity contribution in [1.82, 2.24) is 24.8 Å². The number of piperidine rings is 1. The molecule has 6 heteroatoms. The molecule has 0 bridgehead atoms. The highest BCUT2D eigenvalue weighted by Gasteiger charge is 2.31. The van der Waals surface area contributed by atoms with E-state index in [4.69, 9.17) is 0 Å². The minimum absolute atomic E-state index is 0.411. The zero-order chi connectivity index (χ0) is 17.7. The number of rotatable bonds is 5. The molecule has 25 heavy (non-hydrogen) atoms. The van der Waals surface area contributed by atoms with E-state index in [1.165, 1.54) is 25.7 Å². The molecule has 3 heterocycles. The first-order valence-electron chi connectivity index (χ1n) is 9.39. The molecule has 1 aliphatic heterocycles. The van der Waals surface area contributed by atoms with E-state index in [0.717, 1.165) is 43.5 Å². The first-order chi connectivity index (χ1) is 12.1. The van der Waals surface area contributed by atoms with Crippen LogP contribution in [0.25, 0.3) is 5.65 Å². The Morgan fingerprint density at radius 3 is 3.04 bits per heavy atom. The monoisotopic (exact) mass is 342 g/mol. The van der Waals surface area contributed by atoms with Crippen molar-refractivity contribution in [2.75, 3.05) is 26.7 Å². The van der Waals surface area contributed by atoms with Gasteiger partial charge in [0, 0.05) is 39.3 Å². The number of hydrogen-bond donors (Lipinski definition) is 1. The lowest BCUT2D eigenvalue weighted by atomic mass is 9.78. The normalized spacial score (nSPS) is 21.7. The maximum atomic E-state index is 4.51. The van der Waals surface area contributed by atoms with Gasteiger partial charge in [-0.05, 0) is 36.8 Å². The summed E-state index contributed by atoms with van der Waals surface area (Å²) in [5.74, 6) is 1.99. The van der Waals surface area contributed by atoms with Gasteiger partial charge in [0.2, 0.25) is 0 Å². The summed E-state index contributed by atoms with van der Waals surface area (Å²) in [6.07, 6.45) is 7.93. The van der Waals surface area contributed by atoms with Gasteiger partial charge in [0.15, 0.2) is 11.6 Å². The summed E-state index contributed by atoms with van der Waals surface area (Å²) in [4.78, 5) is 6.92. The number of hydrogen-bond acceptors (Lipinski definition) is 3. The first kappa shape index (κ1) is 17.7. The van der Waals surface area contributed by atoms with Crippen molar-refractivity contribution < 1.29 is 0 Å². The van der Waals surface area contributed by atoms with Crippen LogP contribution in [0.2, 0.25) is 0 Å². The molecule has 0 spiro atoms. The minimum Gasteiger partial charge on any atom is -0.356 e. The molecule has 2 aromatic heterocycles. The van der Waals surface area contributed by atoms with E-state index in [1.807, 2.05) is 35.8 Å². The summed E-state index contributed by atoms with van der Waals surface area (Å²) in [7, 11) is 1.88. The fourth-order valence-electron chi connectivity index (χ4n) is 3.98. The Labute approximate surface area is 150 Å². The molecule has 1 atom stereocenters. The fraction of sp³-hybridized carbons (Fsp3) is 0.632. The third-order valence-electron chi connectivity index (χ3n) is 5.16. The third-order valence-corrected chi connectivity index (χ3v) is 5.16. The highest BCUT2D eigenvalue weighted by molar-refractivity contribution is 5.80. The van der Waals surface area contributed by atoms with E-state index in [2.05, 4.69) is 39.3 Å². The van der Waals surface area contributed by atoms with Gasteiger partial charge in [-0.3, -0.25) is 9.39 Å². The highest BCUT2D eigenvalue weighted by atomic mass is 15.3. The second-order valence-corrected chi connectivity index (χ2v) is 7.35. The molecular formula is C19H30N6. The molecule has 6 nitrogen and oxygen atoms in total. The Morgan fingerprint density at radius 2 is 2.24 bits per heavy atom. The van der Waals surface area contributed by atoms with Crippen molar-refractivity contribution in [1.29, 1.82) is 0 Å². The van der Waals surface area contributed by atoms with Crippen LogP contribution in [0.5, 0.6) is 0 Å². The van der Waals surface area contributed by atoms with E-state index < -0.39 is 0 Å². The molecule has 0 saturated carbocycles. The second-order valence-electron chi connectivity index (χ2n) is 7.35. The highest BCUT2D eigenvalue weighted by Crippen LogP contribution is 2.33. The van der Waals surface area contributed by atoms with Crippen LogP contribution < -0.4 is 5.32 Å². The summed E-state index contributed by atoms with van der Waals surface area (Å²) >= 11 is 0. The van der Waals surface area contributed by atoms with Crippen molar-refractivity contribution in [3.8, 4) is 0 Å². The Balaban J connectivity index is 1.57. The van der Waals surface area contributed by atoms with Crippen LogP contribution in [-0.4, -0.2) is 52.1 Å². The van der Waals surface area contributed by atoms with Crippen LogP contribution in [-0.2, 0) is 6.42 Å². The van der Waals surface area contributed by atoms with Gasteiger partial charge in [-0.1, -0.05) is 26.3 Å². The molecule has 0 aromatic carbocycles. The Morgan fingerprint density at radius 1 is 1.36 bits per heavy atom. The fourth-order valence-corrected chi connectivity index (χ4v) is 3.98. The van der Waals surface area contributed by atoms with Crippen molar-refractivity contribution in [2.24, 2.45) is 10.4 Å². The number of aliphatic imine (C=N–C) groups is 1. The van der Waals surface area contributed by atoms with Gasteiger partial charge in [-0.15, -0.1) is 10.2 Å². The topological polar surface area (TPSA) is 57.8 Å². The summed E-state index contributed by atoms with van der Waals surface area (Å²) in [6, 6.07) is 5.97. The Kier molecular flexibility index (Phi) is 5.56. The molecule has 0 aliphatic carbocycles. The molecule has 1 unspecified atom stereocenters. The summed E-state index contributed by atoms with van der Waals surface area (Å²) in [5.41, 5.74) is 1.31. The minimum atomic E-state index is 0.411. The van der Waals surface area contributed by atoms with Gasteiger partial charge < -0.3 is 10.2 Å². The van der Waals surface area contributed by atoms with Crippen LogP contribution in [0.1, 0.15) is 45.4 Å². The molecule has 3 rings (SSSR count). The van der Waals surface area contributed by atoms with Gasteiger partial charge in [0.05, 0.1) is 0 Å². The predicted molar refractivity (Wildman–Crippen MR) is 102 cm³/mol. The van der Waals surface area contributed by atoms with Crippen LogP contribution >= 0.6 is 0 Å². The SMILES string of the molecule is CCCC1(C)CCCN(C(=NC)NCCc2nnc3ccccn23)C1. The number of likely N-dealkylation sites (tertiary alicyclic amines) is 1. The van der Waals surface area contributed by atoms with Crippen LogP contribution in [0.4, 0.5) is 0 Å². The molecule has 1 fully saturated rings. The maximum absolute atomic E-state index is 4.51. The van der Waals surface area contributed by atoms with E-state index in [0.29, 0.717) is 5.41 Å². The number of pyridine rings is 1. The standard InChI is InChI=1S/C19H30N6/c1-4-10-19(2)11-7-13-24(15-19)18(20-3)21-12-9-17-23-22-16-8-5-6-14-25(16)17/h5-6,8,14H,4,7,9-13,15H2,1-3H3,(H,20,21). The number of fused-ring (bicyclic) bond motifs is 1. The number of aromatic nitrogens is 3. The zero-order valence-electron chi connectivity index (χ0n) is 15.7. The summed E-state index contributed by atoms with van der Waals surface area (Å²) in [6.45, 7) is 7.68. The van der Waals surface area contributed by atoms with Gasteiger partial charge >= 0.3 is 0 Å². The second kappa shape index (κ2) is 7.85. The van der Waals surface area contributed by atoms with Gasteiger partial charge in [0.1, 0.15) is 5.82 Å². The molecule has 1 saturated heterocycles. The van der Waals surface area contributed by atoms with Crippen molar-refractivity contribution in [3.05, 3.63) is 30.2 Å². The number of nitrogens with zero attached hydrogens (tertiary/aromatic N) is 5. The van der Waals surface area contributed by atoms with E-state index in [-0.39, 0.29) is 0 Å². The molecule has 1 aliphatic rings. The summed E-state index contributed by atoms with van der Waals surface area (Å²) < 4.78 is 2.05. The maximum Gasteiger partial charge on any atom is 0.193 e. The molecule has 0 amide bonds. The van der Waals surface area contributed by atoms with E-state index in [9.17, 15) is 0 Å². The van der Waals surface area contributed by atoms with Crippen molar-refractivity contribution >= 4 is 11.6 Å². The molecule has 2 aromatic rings. The predicted octanol–water partition coefficient (Wildman–Crippen LogP) is 2.75. The molecular weight excluding hydrogens is 312 g/mol.